The molecular formula is C24H23N5O3. The van der Waals surface area contributed by atoms with Crippen LogP contribution in [0.3, 0.4) is 0 Å². The van der Waals surface area contributed by atoms with Gasteiger partial charge in [0.1, 0.15) is 5.69 Å². The maximum absolute atomic E-state index is 12.5. The molecule has 162 valence electrons. The minimum Gasteiger partial charge on any atom is -0.494 e. The minimum atomic E-state index is -0.477. The Hall–Kier alpha value is -4.01. The summed E-state index contributed by atoms with van der Waals surface area (Å²) < 4.78 is 5.59. The van der Waals surface area contributed by atoms with E-state index in [4.69, 9.17) is 20.7 Å². The Kier molecular flexibility index (Phi) is 6.25. The summed E-state index contributed by atoms with van der Waals surface area (Å²) in [7, 11) is 1.50. The number of rotatable bonds is 7. The van der Waals surface area contributed by atoms with E-state index in [9.17, 15) is 4.79 Å². The predicted molar refractivity (Wildman–Crippen MR) is 124 cm³/mol. The molecule has 0 saturated carbocycles. The Labute approximate surface area is 185 Å². The third-order valence-corrected chi connectivity index (χ3v) is 5.12. The molecule has 8 heteroatoms. The third-order valence-electron chi connectivity index (χ3n) is 5.12. The zero-order valence-electron chi connectivity index (χ0n) is 17.5. The predicted octanol–water partition coefficient (Wildman–Crippen LogP) is 2.98. The molecule has 0 aliphatic rings. The van der Waals surface area contributed by atoms with Crippen LogP contribution in [0.15, 0.2) is 67.0 Å². The van der Waals surface area contributed by atoms with E-state index in [1.165, 1.54) is 7.11 Å². The van der Waals surface area contributed by atoms with E-state index in [0.29, 0.717) is 28.9 Å². The number of nitrogens with two attached hydrogens (primary N) is 1. The van der Waals surface area contributed by atoms with Crippen molar-refractivity contribution >= 4 is 22.5 Å². The quantitative estimate of drug-likeness (QED) is 0.202. The van der Waals surface area contributed by atoms with Gasteiger partial charge in [-0.1, -0.05) is 36.4 Å². The van der Waals surface area contributed by atoms with Crippen molar-refractivity contribution in [3.05, 3.63) is 72.6 Å². The van der Waals surface area contributed by atoms with Crippen molar-refractivity contribution in [2.24, 2.45) is 5.84 Å². The highest BCUT2D eigenvalue weighted by atomic mass is 16.5. The number of carbonyl (C=O) groups is 1. The fraction of sp³-hybridized carbons (Fsp3) is 0.125. The number of nitrogens with one attached hydrogen (secondary N) is 2. The maximum Gasteiger partial charge on any atom is 0.269 e. The number of carbonyl (C=O) groups excluding carboxylic acids is 1. The largest absolute Gasteiger partial charge is 0.494 e. The summed E-state index contributed by atoms with van der Waals surface area (Å²) in [6, 6.07) is 17.6. The van der Waals surface area contributed by atoms with Crippen LogP contribution in [0, 0.1) is 0 Å². The third kappa shape index (κ3) is 4.09. The van der Waals surface area contributed by atoms with Gasteiger partial charge in [-0.05, 0) is 29.3 Å². The van der Waals surface area contributed by atoms with Gasteiger partial charge in [-0.15, -0.1) is 0 Å². The Balaban J connectivity index is 1.74. The minimum absolute atomic E-state index is 0.0840. The van der Waals surface area contributed by atoms with Crippen LogP contribution < -0.4 is 21.3 Å². The molecule has 0 saturated heterocycles. The summed E-state index contributed by atoms with van der Waals surface area (Å²) in [5.74, 6) is 5.27. The monoisotopic (exact) mass is 429 g/mol. The number of anilines is 1. The average Bonchev–Trinajstić information content (AvgIpc) is 2.86. The summed E-state index contributed by atoms with van der Waals surface area (Å²) in [6.45, 7) is 0.593. The smallest absolute Gasteiger partial charge is 0.269 e. The van der Waals surface area contributed by atoms with E-state index in [2.05, 4.69) is 15.7 Å². The second-order valence-corrected chi connectivity index (χ2v) is 7.04. The van der Waals surface area contributed by atoms with E-state index in [0.717, 1.165) is 22.4 Å². The molecule has 32 heavy (non-hydrogen) atoms. The number of benzene rings is 2. The summed E-state index contributed by atoms with van der Waals surface area (Å²) in [5.41, 5.74) is 7.47. The lowest BCUT2D eigenvalue weighted by molar-refractivity contribution is 0.0952. The first-order valence-corrected chi connectivity index (χ1v) is 10.0. The highest BCUT2D eigenvalue weighted by Crippen LogP contribution is 2.36. The summed E-state index contributed by atoms with van der Waals surface area (Å²) in [6.07, 6.45) is 3.19. The van der Waals surface area contributed by atoms with Crippen molar-refractivity contribution in [2.45, 2.75) is 0 Å². The average molecular weight is 429 g/mol. The number of hydrogen-bond donors (Lipinski definition) is 4. The zero-order valence-corrected chi connectivity index (χ0v) is 17.5. The normalized spacial score (nSPS) is 10.7. The van der Waals surface area contributed by atoms with Crippen molar-refractivity contribution in [1.29, 1.82) is 0 Å². The zero-order chi connectivity index (χ0) is 22.5. The molecule has 2 aromatic carbocycles. The molecule has 0 radical (unpaired) electrons. The highest BCUT2D eigenvalue weighted by Gasteiger charge is 2.22. The Bertz CT molecular complexity index is 1240. The number of aromatic nitrogens is 2. The molecule has 0 spiro atoms. The van der Waals surface area contributed by atoms with Gasteiger partial charge in [0.05, 0.1) is 24.8 Å². The van der Waals surface area contributed by atoms with Crippen molar-refractivity contribution in [3.8, 4) is 28.1 Å². The van der Waals surface area contributed by atoms with Gasteiger partial charge < -0.3 is 15.2 Å². The van der Waals surface area contributed by atoms with Crippen molar-refractivity contribution in [2.75, 3.05) is 25.6 Å². The number of methoxy groups -OCH3 is 1. The van der Waals surface area contributed by atoms with E-state index in [1.807, 2.05) is 48.5 Å². The van der Waals surface area contributed by atoms with Gasteiger partial charge in [0.2, 0.25) is 0 Å². The fourth-order valence-electron chi connectivity index (χ4n) is 3.58. The number of pyridine rings is 2. The molecule has 0 aliphatic heterocycles. The molecule has 4 aromatic rings. The van der Waals surface area contributed by atoms with Crippen LogP contribution in [0.1, 0.15) is 10.4 Å². The number of aliphatic hydroxyl groups excluding tert-OH is 1. The van der Waals surface area contributed by atoms with E-state index < -0.39 is 5.91 Å². The number of hydrogen-bond acceptors (Lipinski definition) is 7. The van der Waals surface area contributed by atoms with Crippen molar-refractivity contribution in [1.82, 2.24) is 15.4 Å². The summed E-state index contributed by atoms with van der Waals surface area (Å²) in [5, 5.41) is 12.6. The first-order chi connectivity index (χ1) is 15.7. The number of nitrogen functional groups attached to an aromatic ring is 1. The van der Waals surface area contributed by atoms with Gasteiger partial charge >= 0.3 is 0 Å². The molecule has 2 aromatic heterocycles. The van der Waals surface area contributed by atoms with Crippen LogP contribution in [0.2, 0.25) is 0 Å². The molecule has 0 unspecified atom stereocenters. The number of nitrogens with zero attached hydrogens (tertiary/aromatic N) is 2. The van der Waals surface area contributed by atoms with E-state index in [1.54, 1.807) is 18.5 Å². The van der Waals surface area contributed by atoms with E-state index >= 15 is 0 Å². The van der Waals surface area contributed by atoms with Crippen LogP contribution in [-0.2, 0) is 0 Å². The molecule has 4 rings (SSSR count). The summed E-state index contributed by atoms with van der Waals surface area (Å²) in [4.78, 5) is 21.4. The lowest BCUT2D eigenvalue weighted by Crippen LogP contribution is -2.30. The standard InChI is InChI=1S/C24H23N5O3/c1-32-23-21(24(31)29-25)19-14-26-11-10-20(19)28-22(23)17-4-2-15(3-5-17)16-6-8-18(9-7-16)27-12-13-30/h2-11,14,27,30H,12-13,25H2,1H3,(H,29,31). The molecule has 0 fully saturated rings. The topological polar surface area (TPSA) is 122 Å². The number of ether oxygens (including phenoxy) is 1. The second kappa shape index (κ2) is 9.42. The lowest BCUT2D eigenvalue weighted by Gasteiger charge is -2.15. The first-order valence-electron chi connectivity index (χ1n) is 10.0. The van der Waals surface area contributed by atoms with Crippen molar-refractivity contribution < 1.29 is 14.6 Å². The van der Waals surface area contributed by atoms with Gasteiger partial charge in [0.15, 0.2) is 5.75 Å². The second-order valence-electron chi connectivity index (χ2n) is 7.04. The molecular weight excluding hydrogens is 406 g/mol. The number of aliphatic hydroxyl groups is 1. The molecule has 0 atom stereocenters. The highest BCUT2D eigenvalue weighted by molar-refractivity contribution is 6.10. The summed E-state index contributed by atoms with van der Waals surface area (Å²) >= 11 is 0. The fourth-order valence-corrected chi connectivity index (χ4v) is 3.58. The van der Waals surface area contributed by atoms with Gasteiger partial charge in [-0.2, -0.15) is 0 Å². The molecule has 8 nitrogen and oxygen atoms in total. The van der Waals surface area contributed by atoms with Crippen molar-refractivity contribution in [3.63, 3.8) is 0 Å². The molecule has 1 amide bonds. The number of amides is 1. The van der Waals surface area contributed by atoms with Crippen LogP contribution in [0.5, 0.6) is 5.75 Å². The first kappa shape index (κ1) is 21.2. The molecule has 0 aliphatic carbocycles. The Morgan fingerprint density at radius 1 is 1.03 bits per heavy atom. The van der Waals surface area contributed by atoms with Crippen LogP contribution >= 0.6 is 0 Å². The SMILES string of the molecule is COc1c(-c2ccc(-c3ccc(NCCO)cc3)cc2)nc2ccncc2c1C(=O)NN. The van der Waals surface area contributed by atoms with Gasteiger partial charge in [0.25, 0.3) is 5.91 Å². The van der Waals surface area contributed by atoms with E-state index in [-0.39, 0.29) is 12.2 Å². The Morgan fingerprint density at radius 2 is 1.69 bits per heavy atom. The molecule has 2 heterocycles. The van der Waals surface area contributed by atoms with Crippen LogP contribution in [0.4, 0.5) is 5.69 Å². The van der Waals surface area contributed by atoms with Crippen LogP contribution in [0.25, 0.3) is 33.3 Å². The maximum atomic E-state index is 12.5. The molecule has 5 N–H and O–H groups in total. The number of hydrazine groups is 1. The molecule has 0 bridgehead atoms. The van der Waals surface area contributed by atoms with Gasteiger partial charge in [-0.3, -0.25) is 15.2 Å². The van der Waals surface area contributed by atoms with Gasteiger partial charge in [0, 0.05) is 35.6 Å². The lowest BCUT2D eigenvalue weighted by atomic mass is 9.99. The number of fused-ring (bicyclic) bond motifs is 1. The Morgan fingerprint density at radius 3 is 2.31 bits per heavy atom. The van der Waals surface area contributed by atoms with Gasteiger partial charge in [-0.25, -0.2) is 10.8 Å². The van der Waals surface area contributed by atoms with Crippen LogP contribution in [-0.4, -0.2) is 41.2 Å².